The van der Waals surface area contributed by atoms with Crippen LogP contribution < -0.4 is 5.32 Å². The number of aromatic nitrogens is 2. The lowest BCUT2D eigenvalue weighted by atomic mass is 10.0. The summed E-state index contributed by atoms with van der Waals surface area (Å²) in [5.41, 5.74) is 4.77. The maximum atomic E-state index is 10.3. The van der Waals surface area contributed by atoms with Crippen molar-refractivity contribution in [3.8, 4) is 0 Å². The molecule has 2 aromatic rings. The lowest BCUT2D eigenvalue weighted by Crippen LogP contribution is -2.28. The van der Waals surface area contributed by atoms with Crippen LogP contribution in [0.15, 0.2) is 30.3 Å². The summed E-state index contributed by atoms with van der Waals surface area (Å²) in [6, 6.07) is 10.1. The highest BCUT2D eigenvalue weighted by molar-refractivity contribution is 5.26. The summed E-state index contributed by atoms with van der Waals surface area (Å²) in [5.74, 6) is 0. The van der Waals surface area contributed by atoms with E-state index < -0.39 is 6.10 Å². The van der Waals surface area contributed by atoms with Gasteiger partial charge >= 0.3 is 0 Å². The SMILES string of the molecule is CCc1nn(C)c(CC)c1CNC(C)CC(O)c1ccccc1. The van der Waals surface area contributed by atoms with E-state index >= 15 is 0 Å². The molecule has 0 aliphatic rings. The van der Waals surface area contributed by atoms with Gasteiger partial charge < -0.3 is 10.4 Å². The van der Waals surface area contributed by atoms with E-state index in [1.807, 2.05) is 42.1 Å². The molecule has 1 aromatic heterocycles. The van der Waals surface area contributed by atoms with Crippen LogP contribution in [-0.4, -0.2) is 20.9 Å². The second-order valence-corrected chi connectivity index (χ2v) is 6.15. The minimum Gasteiger partial charge on any atom is -0.388 e. The first kappa shape index (κ1) is 17.7. The topological polar surface area (TPSA) is 50.1 Å². The fraction of sp³-hybridized carbons (Fsp3) is 0.526. The molecule has 2 unspecified atom stereocenters. The molecule has 0 aliphatic carbocycles. The van der Waals surface area contributed by atoms with Crippen LogP contribution in [0.5, 0.6) is 0 Å². The van der Waals surface area contributed by atoms with Crippen LogP contribution in [-0.2, 0) is 26.4 Å². The summed E-state index contributed by atoms with van der Waals surface area (Å²) >= 11 is 0. The number of nitrogens with zero attached hydrogens (tertiary/aromatic N) is 2. The highest BCUT2D eigenvalue weighted by atomic mass is 16.3. The van der Waals surface area contributed by atoms with E-state index in [1.165, 1.54) is 17.0 Å². The van der Waals surface area contributed by atoms with Gasteiger partial charge in [-0.3, -0.25) is 4.68 Å². The van der Waals surface area contributed by atoms with Crippen molar-refractivity contribution in [1.29, 1.82) is 0 Å². The Hall–Kier alpha value is -1.65. The van der Waals surface area contributed by atoms with Gasteiger partial charge in [-0.1, -0.05) is 44.2 Å². The lowest BCUT2D eigenvalue weighted by molar-refractivity contribution is 0.154. The van der Waals surface area contributed by atoms with Gasteiger partial charge in [-0.15, -0.1) is 0 Å². The molecule has 0 aliphatic heterocycles. The van der Waals surface area contributed by atoms with Gasteiger partial charge in [0.15, 0.2) is 0 Å². The van der Waals surface area contributed by atoms with Crippen LogP contribution >= 0.6 is 0 Å². The molecule has 0 bridgehead atoms. The third-order valence-corrected chi connectivity index (χ3v) is 4.42. The Kier molecular flexibility index (Phi) is 6.37. The van der Waals surface area contributed by atoms with E-state index in [2.05, 4.69) is 31.2 Å². The van der Waals surface area contributed by atoms with Crippen LogP contribution in [0.25, 0.3) is 0 Å². The number of hydrogen-bond acceptors (Lipinski definition) is 3. The molecular formula is C19H29N3O. The van der Waals surface area contributed by atoms with Crippen LogP contribution in [0.4, 0.5) is 0 Å². The fourth-order valence-corrected chi connectivity index (χ4v) is 3.10. The molecule has 0 saturated carbocycles. The molecule has 1 heterocycles. The van der Waals surface area contributed by atoms with Gasteiger partial charge in [0.2, 0.25) is 0 Å². The maximum absolute atomic E-state index is 10.3. The van der Waals surface area contributed by atoms with E-state index in [-0.39, 0.29) is 6.04 Å². The molecule has 0 saturated heterocycles. The monoisotopic (exact) mass is 315 g/mol. The van der Waals surface area contributed by atoms with Crippen LogP contribution in [0.1, 0.15) is 55.8 Å². The van der Waals surface area contributed by atoms with Crippen molar-refractivity contribution in [3.05, 3.63) is 52.8 Å². The first-order valence-electron chi connectivity index (χ1n) is 8.56. The summed E-state index contributed by atoms with van der Waals surface area (Å²) in [7, 11) is 2.02. The zero-order chi connectivity index (χ0) is 16.8. The predicted octanol–water partition coefficient (Wildman–Crippen LogP) is 3.15. The van der Waals surface area contributed by atoms with Gasteiger partial charge in [0.05, 0.1) is 11.8 Å². The van der Waals surface area contributed by atoms with E-state index in [0.717, 1.165) is 24.9 Å². The van der Waals surface area contributed by atoms with Crippen molar-refractivity contribution >= 4 is 0 Å². The van der Waals surface area contributed by atoms with E-state index in [4.69, 9.17) is 0 Å². The molecular weight excluding hydrogens is 286 g/mol. The Morgan fingerprint density at radius 2 is 1.87 bits per heavy atom. The molecule has 0 spiro atoms. The van der Waals surface area contributed by atoms with E-state index in [1.54, 1.807) is 0 Å². The summed E-state index contributed by atoms with van der Waals surface area (Å²) in [6.45, 7) is 7.25. The number of nitrogens with one attached hydrogen (secondary N) is 1. The molecule has 4 heteroatoms. The normalized spacial score (nSPS) is 14.0. The molecule has 2 N–H and O–H groups in total. The van der Waals surface area contributed by atoms with Crippen molar-refractivity contribution in [2.45, 2.75) is 58.7 Å². The third kappa shape index (κ3) is 4.43. The zero-order valence-electron chi connectivity index (χ0n) is 14.7. The zero-order valence-corrected chi connectivity index (χ0v) is 14.7. The minimum absolute atomic E-state index is 0.236. The molecule has 0 amide bonds. The fourth-order valence-electron chi connectivity index (χ4n) is 3.10. The van der Waals surface area contributed by atoms with Crippen LogP contribution in [0.2, 0.25) is 0 Å². The predicted molar refractivity (Wildman–Crippen MR) is 94.3 cm³/mol. The first-order valence-corrected chi connectivity index (χ1v) is 8.56. The average molecular weight is 315 g/mol. The Morgan fingerprint density at radius 3 is 2.48 bits per heavy atom. The molecule has 1 aromatic carbocycles. The molecule has 23 heavy (non-hydrogen) atoms. The van der Waals surface area contributed by atoms with Crippen molar-refractivity contribution in [2.24, 2.45) is 7.05 Å². The molecule has 2 rings (SSSR count). The summed E-state index contributed by atoms with van der Waals surface area (Å²) in [4.78, 5) is 0. The number of hydrogen-bond donors (Lipinski definition) is 2. The van der Waals surface area contributed by atoms with Crippen LogP contribution in [0, 0.1) is 0 Å². The minimum atomic E-state index is -0.427. The van der Waals surface area contributed by atoms with Gasteiger partial charge in [0.1, 0.15) is 0 Å². The Balaban J connectivity index is 1.95. The molecule has 4 nitrogen and oxygen atoms in total. The average Bonchev–Trinajstić information content (AvgIpc) is 2.88. The maximum Gasteiger partial charge on any atom is 0.0804 e. The van der Waals surface area contributed by atoms with Crippen molar-refractivity contribution in [1.82, 2.24) is 15.1 Å². The standard InChI is InChI=1S/C19H29N3O/c1-5-17-16(18(6-2)22(4)21-17)13-20-14(3)12-19(23)15-10-8-7-9-11-15/h7-11,14,19-20,23H,5-6,12-13H2,1-4H3. The molecule has 126 valence electrons. The first-order chi connectivity index (χ1) is 11.1. The Bertz CT molecular complexity index is 607. The number of aliphatic hydroxyl groups excluding tert-OH is 1. The summed E-state index contributed by atoms with van der Waals surface area (Å²) < 4.78 is 2.00. The molecule has 0 radical (unpaired) electrons. The Morgan fingerprint density at radius 1 is 1.17 bits per heavy atom. The van der Waals surface area contributed by atoms with Gasteiger partial charge in [-0.2, -0.15) is 5.10 Å². The highest BCUT2D eigenvalue weighted by Gasteiger charge is 2.16. The number of rotatable bonds is 8. The number of benzene rings is 1. The smallest absolute Gasteiger partial charge is 0.0804 e. The van der Waals surface area contributed by atoms with Gasteiger partial charge in [-0.05, 0) is 31.7 Å². The van der Waals surface area contributed by atoms with Crippen LogP contribution in [0.3, 0.4) is 0 Å². The van der Waals surface area contributed by atoms with Crippen molar-refractivity contribution < 1.29 is 5.11 Å². The summed E-state index contributed by atoms with van der Waals surface area (Å²) in [5, 5.41) is 18.5. The van der Waals surface area contributed by atoms with Crippen molar-refractivity contribution in [2.75, 3.05) is 0 Å². The number of aliphatic hydroxyl groups is 1. The third-order valence-electron chi connectivity index (χ3n) is 4.42. The van der Waals surface area contributed by atoms with Gasteiger partial charge in [0.25, 0.3) is 0 Å². The summed E-state index contributed by atoms with van der Waals surface area (Å²) in [6.07, 6.45) is 2.21. The number of aryl methyl sites for hydroxylation is 2. The van der Waals surface area contributed by atoms with Gasteiger partial charge in [-0.25, -0.2) is 0 Å². The van der Waals surface area contributed by atoms with Crippen molar-refractivity contribution in [3.63, 3.8) is 0 Å². The van der Waals surface area contributed by atoms with E-state index in [9.17, 15) is 5.11 Å². The second-order valence-electron chi connectivity index (χ2n) is 6.15. The van der Waals surface area contributed by atoms with Gasteiger partial charge in [0, 0.05) is 30.9 Å². The molecule has 0 fully saturated rings. The Labute approximate surface area is 139 Å². The second kappa shape index (κ2) is 8.27. The highest BCUT2D eigenvalue weighted by Crippen LogP contribution is 2.19. The lowest BCUT2D eigenvalue weighted by Gasteiger charge is -2.18. The largest absolute Gasteiger partial charge is 0.388 e. The quantitative estimate of drug-likeness (QED) is 0.787. The molecule has 2 atom stereocenters. The van der Waals surface area contributed by atoms with E-state index in [0.29, 0.717) is 6.42 Å².